The first-order valence-corrected chi connectivity index (χ1v) is 6.77. The highest BCUT2D eigenvalue weighted by Gasteiger charge is 2.07. The maximum atomic E-state index is 10.6. The first kappa shape index (κ1) is 15.1. The largest absolute Gasteiger partial charge is 0.493 e. The summed E-state index contributed by atoms with van der Waals surface area (Å²) in [7, 11) is 1.59. The summed E-state index contributed by atoms with van der Waals surface area (Å²) in [5.41, 5.74) is 1.68. The molecule has 4 nitrogen and oxygen atoms in total. The third kappa shape index (κ3) is 4.07. The second kappa shape index (κ2) is 7.45. The summed E-state index contributed by atoms with van der Waals surface area (Å²) >= 11 is 0. The zero-order valence-electron chi connectivity index (χ0n) is 11.9. The van der Waals surface area contributed by atoms with Crippen LogP contribution < -0.4 is 9.47 Å². The van der Waals surface area contributed by atoms with Gasteiger partial charge in [0.25, 0.3) is 0 Å². The van der Waals surface area contributed by atoms with E-state index in [-0.39, 0.29) is 6.61 Å². The second-order valence-corrected chi connectivity index (χ2v) is 4.60. The van der Waals surface area contributed by atoms with E-state index in [1.165, 1.54) is 0 Å². The van der Waals surface area contributed by atoms with Crippen LogP contribution in [-0.2, 0) is 6.42 Å². The molecule has 0 aliphatic rings. The average molecular weight is 286 g/mol. The van der Waals surface area contributed by atoms with Crippen molar-refractivity contribution in [3.8, 4) is 17.2 Å². The van der Waals surface area contributed by atoms with Gasteiger partial charge in [-0.25, -0.2) is 0 Å². The van der Waals surface area contributed by atoms with Crippen LogP contribution in [-0.4, -0.2) is 25.1 Å². The quantitative estimate of drug-likeness (QED) is 0.794. The normalized spacial score (nSPS) is 10.2. The Morgan fingerprint density at radius 1 is 1.10 bits per heavy atom. The molecule has 1 N–H and O–H groups in total. The summed E-state index contributed by atoms with van der Waals surface area (Å²) in [6.07, 6.45) is 2.28. The maximum Gasteiger partial charge on any atom is 0.169 e. The molecule has 2 rings (SSSR count). The Labute approximate surface area is 123 Å². The molecule has 0 saturated heterocycles. The number of methoxy groups -OCH3 is 1. The zero-order chi connectivity index (χ0) is 15.1. The number of aldehydes is 1. The highest BCUT2D eigenvalue weighted by atomic mass is 16.5. The van der Waals surface area contributed by atoms with Crippen molar-refractivity contribution >= 4 is 6.29 Å². The van der Waals surface area contributed by atoms with Gasteiger partial charge in [-0.2, -0.15) is 0 Å². The SMILES string of the molecule is COc1ccc(CCCO)cc1Oc1ccc(C=O)cc1. The number of carbonyl (C=O) groups excluding carboxylic acids is 1. The summed E-state index contributed by atoms with van der Waals surface area (Å²) in [6.45, 7) is 0.162. The maximum absolute atomic E-state index is 10.6. The van der Waals surface area contributed by atoms with Crippen LogP contribution in [0.2, 0.25) is 0 Å². The van der Waals surface area contributed by atoms with Crippen LogP contribution in [0.15, 0.2) is 42.5 Å². The molecule has 0 radical (unpaired) electrons. The van der Waals surface area contributed by atoms with Crippen molar-refractivity contribution in [2.45, 2.75) is 12.8 Å². The molecule has 110 valence electrons. The van der Waals surface area contributed by atoms with Crippen molar-refractivity contribution in [1.29, 1.82) is 0 Å². The second-order valence-electron chi connectivity index (χ2n) is 4.60. The molecule has 0 fully saturated rings. The molecule has 0 atom stereocenters. The number of benzene rings is 2. The third-order valence-electron chi connectivity index (χ3n) is 3.10. The van der Waals surface area contributed by atoms with E-state index in [0.29, 0.717) is 29.2 Å². The zero-order valence-corrected chi connectivity index (χ0v) is 11.9. The first-order chi connectivity index (χ1) is 10.3. The number of rotatable bonds is 7. The lowest BCUT2D eigenvalue weighted by Gasteiger charge is -2.12. The van der Waals surface area contributed by atoms with Gasteiger partial charge in [0.2, 0.25) is 0 Å². The minimum absolute atomic E-state index is 0.162. The van der Waals surface area contributed by atoms with Crippen molar-refractivity contribution in [2.75, 3.05) is 13.7 Å². The standard InChI is InChI=1S/C17H18O4/c1-20-16-9-6-13(3-2-10-18)11-17(16)21-15-7-4-14(12-19)5-8-15/h4-9,11-12,18H,2-3,10H2,1H3. The van der Waals surface area contributed by atoms with Crippen LogP contribution in [0.3, 0.4) is 0 Å². The van der Waals surface area contributed by atoms with Gasteiger partial charge in [0.1, 0.15) is 12.0 Å². The van der Waals surface area contributed by atoms with E-state index >= 15 is 0 Å². The molecule has 2 aromatic carbocycles. The van der Waals surface area contributed by atoms with Crippen molar-refractivity contribution in [3.63, 3.8) is 0 Å². The molecule has 2 aromatic rings. The van der Waals surface area contributed by atoms with E-state index in [1.807, 2.05) is 18.2 Å². The van der Waals surface area contributed by atoms with E-state index < -0.39 is 0 Å². The molecule has 21 heavy (non-hydrogen) atoms. The fraction of sp³-hybridized carbons (Fsp3) is 0.235. The minimum atomic E-state index is 0.162. The Kier molecular flexibility index (Phi) is 5.35. The van der Waals surface area contributed by atoms with Gasteiger partial charge in [-0.1, -0.05) is 6.07 Å². The fourth-order valence-electron chi connectivity index (χ4n) is 1.98. The van der Waals surface area contributed by atoms with E-state index in [2.05, 4.69) is 0 Å². The molecule has 0 aromatic heterocycles. The van der Waals surface area contributed by atoms with Crippen LogP contribution in [0.4, 0.5) is 0 Å². The third-order valence-corrected chi connectivity index (χ3v) is 3.10. The van der Waals surface area contributed by atoms with Crippen molar-refractivity contribution in [3.05, 3.63) is 53.6 Å². The summed E-state index contributed by atoms with van der Waals surface area (Å²) in [5.74, 6) is 1.90. The predicted octanol–water partition coefficient (Wildman–Crippen LogP) is 3.22. The predicted molar refractivity (Wildman–Crippen MR) is 80.3 cm³/mol. The van der Waals surface area contributed by atoms with Gasteiger partial charge in [0, 0.05) is 12.2 Å². The molecule has 0 amide bonds. The summed E-state index contributed by atoms with van der Waals surface area (Å²) in [5, 5.41) is 8.90. The summed E-state index contributed by atoms with van der Waals surface area (Å²) < 4.78 is 11.1. The number of hydrogen-bond acceptors (Lipinski definition) is 4. The Morgan fingerprint density at radius 2 is 1.86 bits per heavy atom. The number of aliphatic hydroxyl groups excluding tert-OH is 1. The number of ether oxygens (including phenoxy) is 2. The molecule has 0 bridgehead atoms. The molecule has 4 heteroatoms. The molecule has 0 heterocycles. The van der Waals surface area contributed by atoms with Gasteiger partial charge in [-0.15, -0.1) is 0 Å². The van der Waals surface area contributed by atoms with Crippen LogP contribution in [0.25, 0.3) is 0 Å². The fourth-order valence-corrected chi connectivity index (χ4v) is 1.98. The lowest BCUT2D eigenvalue weighted by molar-refractivity contribution is 0.112. The molecule has 0 aliphatic carbocycles. The Morgan fingerprint density at radius 3 is 2.48 bits per heavy atom. The minimum Gasteiger partial charge on any atom is -0.493 e. The van der Waals surface area contributed by atoms with E-state index in [9.17, 15) is 4.79 Å². The van der Waals surface area contributed by atoms with Gasteiger partial charge in [0.05, 0.1) is 7.11 Å². The lowest BCUT2D eigenvalue weighted by atomic mass is 10.1. The molecule has 0 unspecified atom stereocenters. The first-order valence-electron chi connectivity index (χ1n) is 6.77. The topological polar surface area (TPSA) is 55.8 Å². The van der Waals surface area contributed by atoms with Gasteiger partial charge in [0.15, 0.2) is 11.5 Å². The lowest BCUT2D eigenvalue weighted by Crippen LogP contribution is -1.94. The van der Waals surface area contributed by atoms with Crippen molar-refractivity contribution < 1.29 is 19.4 Å². The van der Waals surface area contributed by atoms with E-state index in [0.717, 1.165) is 18.3 Å². The summed E-state index contributed by atoms with van der Waals surface area (Å²) in [4.78, 5) is 10.6. The van der Waals surface area contributed by atoms with Gasteiger partial charge >= 0.3 is 0 Å². The van der Waals surface area contributed by atoms with E-state index in [1.54, 1.807) is 31.4 Å². The van der Waals surface area contributed by atoms with Crippen LogP contribution in [0.1, 0.15) is 22.3 Å². The Bertz CT molecular complexity index is 590. The Balaban J connectivity index is 2.20. The van der Waals surface area contributed by atoms with Crippen molar-refractivity contribution in [2.24, 2.45) is 0 Å². The van der Waals surface area contributed by atoms with Crippen LogP contribution in [0.5, 0.6) is 17.2 Å². The molecule has 0 aliphatic heterocycles. The molecule has 0 spiro atoms. The summed E-state index contributed by atoms with van der Waals surface area (Å²) in [6, 6.07) is 12.6. The smallest absolute Gasteiger partial charge is 0.169 e. The average Bonchev–Trinajstić information content (AvgIpc) is 2.54. The number of hydrogen-bond donors (Lipinski definition) is 1. The Hall–Kier alpha value is -2.33. The van der Waals surface area contributed by atoms with Gasteiger partial charge < -0.3 is 14.6 Å². The number of aryl methyl sites for hydroxylation is 1. The highest BCUT2D eigenvalue weighted by Crippen LogP contribution is 2.32. The van der Waals surface area contributed by atoms with Gasteiger partial charge in [-0.05, 0) is 54.8 Å². The number of carbonyl (C=O) groups is 1. The number of aliphatic hydroxyl groups is 1. The van der Waals surface area contributed by atoms with E-state index in [4.69, 9.17) is 14.6 Å². The van der Waals surface area contributed by atoms with Gasteiger partial charge in [-0.3, -0.25) is 4.79 Å². The van der Waals surface area contributed by atoms with Crippen LogP contribution >= 0.6 is 0 Å². The van der Waals surface area contributed by atoms with Crippen LogP contribution in [0, 0.1) is 0 Å². The van der Waals surface area contributed by atoms with Crippen molar-refractivity contribution in [1.82, 2.24) is 0 Å². The molecular weight excluding hydrogens is 268 g/mol. The monoisotopic (exact) mass is 286 g/mol. The molecule has 0 saturated carbocycles. The highest BCUT2D eigenvalue weighted by molar-refractivity contribution is 5.74. The molecular formula is C17H18O4.